The number of aliphatic carboxylic acids is 1. The number of rotatable bonds is 6. The number of hydrogen-bond acceptors (Lipinski definition) is 3. The van der Waals surface area contributed by atoms with Crippen LogP contribution in [0.5, 0.6) is 0 Å². The van der Waals surface area contributed by atoms with Gasteiger partial charge in [0.25, 0.3) is 0 Å². The maximum Gasteiger partial charge on any atom is 0.381 e. The van der Waals surface area contributed by atoms with Gasteiger partial charge in [0.1, 0.15) is 0 Å². The number of Topliss-reactive ketones (excluding diaryl/α,β-unsaturated/α-hetero) is 2. The van der Waals surface area contributed by atoms with Crippen LogP contribution in [0.4, 0.5) is 0 Å². The van der Waals surface area contributed by atoms with Gasteiger partial charge in [-0.05, 0) is 46.5 Å². The number of carbonyl (C=O) groups excluding carboxylic acids is 2. The predicted octanol–water partition coefficient (Wildman–Crippen LogP) is 3.61. The number of ketones is 2. The summed E-state index contributed by atoms with van der Waals surface area (Å²) in [5.41, 5.74) is 2.36. The van der Waals surface area contributed by atoms with Gasteiger partial charge in [0.15, 0.2) is 11.6 Å². The number of hydrogen-bond donors (Lipinski definition) is 1. The number of carboxylic acids is 1. The fourth-order valence-electron chi connectivity index (χ4n) is 2.55. The molecular weight excluding hydrogens is 316 g/mol. The van der Waals surface area contributed by atoms with Crippen molar-refractivity contribution < 1.29 is 19.5 Å². The van der Waals surface area contributed by atoms with Gasteiger partial charge in [0, 0.05) is 47.5 Å². The van der Waals surface area contributed by atoms with Gasteiger partial charge < -0.3 is 5.11 Å². The van der Waals surface area contributed by atoms with Crippen LogP contribution in [0.2, 0.25) is 0 Å². The van der Waals surface area contributed by atoms with E-state index < -0.39 is 5.97 Å². The van der Waals surface area contributed by atoms with Crippen LogP contribution in [0.25, 0.3) is 0 Å². The Labute approximate surface area is 149 Å². The summed E-state index contributed by atoms with van der Waals surface area (Å²) in [6, 6.07) is 0. The first-order chi connectivity index (χ1) is 11.9. The number of unbranched alkanes of at least 4 members (excludes halogenated alkanes) is 4. The second-order valence-corrected chi connectivity index (χ2v) is 6.03. The third kappa shape index (κ3) is 6.43. The topological polar surface area (TPSA) is 71.4 Å². The van der Waals surface area contributed by atoms with Crippen molar-refractivity contribution in [1.29, 1.82) is 0 Å². The lowest BCUT2D eigenvalue weighted by molar-refractivity contribution is -0.130. The Morgan fingerprint density at radius 2 is 1.36 bits per heavy atom. The molecule has 0 unspecified atom stereocenters. The molecule has 0 saturated carbocycles. The predicted molar refractivity (Wildman–Crippen MR) is 96.6 cm³/mol. The first-order valence-corrected chi connectivity index (χ1v) is 8.50. The van der Waals surface area contributed by atoms with Crippen molar-refractivity contribution >= 4 is 17.5 Å². The van der Waals surface area contributed by atoms with Crippen molar-refractivity contribution in [3.05, 3.63) is 22.3 Å². The normalized spacial score (nSPS) is 14.0. The lowest BCUT2D eigenvalue weighted by Gasteiger charge is -2.18. The molecule has 0 aliphatic heterocycles. The molecule has 0 bridgehead atoms. The summed E-state index contributed by atoms with van der Waals surface area (Å²) in [6.07, 6.45) is 5.09. The van der Waals surface area contributed by atoms with Crippen molar-refractivity contribution in [3.8, 4) is 23.7 Å². The fraction of sp³-hybridized carbons (Fsp3) is 0.476. The average Bonchev–Trinajstić information content (AvgIpc) is 2.58. The molecule has 1 aliphatic rings. The highest BCUT2D eigenvalue weighted by atomic mass is 16.4. The molecule has 132 valence electrons. The quantitative estimate of drug-likeness (QED) is 0.455. The maximum absolute atomic E-state index is 12.3. The molecule has 0 aromatic heterocycles. The Bertz CT molecular complexity index is 742. The molecule has 0 heterocycles. The van der Waals surface area contributed by atoms with E-state index in [9.17, 15) is 14.4 Å². The average molecular weight is 340 g/mol. The highest BCUT2D eigenvalue weighted by molar-refractivity contribution is 6.24. The molecule has 0 saturated heterocycles. The van der Waals surface area contributed by atoms with E-state index in [2.05, 4.69) is 23.7 Å². The van der Waals surface area contributed by atoms with E-state index in [1.54, 1.807) is 20.8 Å². The van der Waals surface area contributed by atoms with Crippen LogP contribution >= 0.6 is 0 Å². The highest BCUT2D eigenvalue weighted by Crippen LogP contribution is 2.27. The lowest BCUT2D eigenvalue weighted by Crippen LogP contribution is -2.20. The summed E-state index contributed by atoms with van der Waals surface area (Å²) in [5, 5.41) is 8.36. The first-order valence-electron chi connectivity index (χ1n) is 8.50. The fourth-order valence-corrected chi connectivity index (χ4v) is 2.55. The standard InChI is InChI=1S/C21H24O4/c1-15-16(2)21(25)18(17(3)20(15)24)13-11-9-7-5-4-6-8-10-12-14-19(22)23/h6-11,13H2,1-3H3,(H,22,23). The third-order valence-electron chi connectivity index (χ3n) is 4.21. The number of carboxylic acid groups (broad SMARTS) is 1. The first kappa shape index (κ1) is 20.5. The smallest absolute Gasteiger partial charge is 0.381 e. The second kappa shape index (κ2) is 10.3. The molecule has 0 atom stereocenters. The molecule has 0 aromatic carbocycles. The van der Waals surface area contributed by atoms with E-state index in [0.29, 0.717) is 41.6 Å². The minimum atomic E-state index is -1.10. The molecule has 1 rings (SSSR count). The van der Waals surface area contributed by atoms with Gasteiger partial charge in [-0.25, -0.2) is 4.79 Å². The van der Waals surface area contributed by atoms with Crippen molar-refractivity contribution in [1.82, 2.24) is 0 Å². The van der Waals surface area contributed by atoms with Crippen LogP contribution in [0.3, 0.4) is 0 Å². The van der Waals surface area contributed by atoms with Gasteiger partial charge >= 0.3 is 5.97 Å². The van der Waals surface area contributed by atoms with Crippen molar-refractivity contribution in [2.24, 2.45) is 0 Å². The van der Waals surface area contributed by atoms with Crippen LogP contribution in [-0.2, 0) is 14.4 Å². The molecule has 4 nitrogen and oxygen atoms in total. The van der Waals surface area contributed by atoms with Gasteiger partial charge in [0.2, 0.25) is 0 Å². The van der Waals surface area contributed by atoms with Crippen LogP contribution in [0.15, 0.2) is 22.3 Å². The Morgan fingerprint density at radius 3 is 2.00 bits per heavy atom. The summed E-state index contributed by atoms with van der Waals surface area (Å²) < 4.78 is 0. The van der Waals surface area contributed by atoms with Gasteiger partial charge in [-0.15, -0.1) is 11.8 Å². The molecule has 0 amide bonds. The summed E-state index contributed by atoms with van der Waals surface area (Å²) >= 11 is 0. The largest absolute Gasteiger partial charge is 0.472 e. The zero-order chi connectivity index (χ0) is 18.8. The van der Waals surface area contributed by atoms with Gasteiger partial charge in [-0.1, -0.05) is 5.92 Å². The zero-order valence-corrected chi connectivity index (χ0v) is 15.1. The number of allylic oxidation sites excluding steroid dienone is 4. The van der Waals surface area contributed by atoms with Gasteiger partial charge in [-0.2, -0.15) is 0 Å². The Kier molecular flexibility index (Phi) is 8.44. The summed E-state index contributed by atoms with van der Waals surface area (Å²) in [7, 11) is 0. The molecule has 25 heavy (non-hydrogen) atoms. The molecule has 4 heteroatoms. The molecule has 0 aromatic rings. The highest BCUT2D eigenvalue weighted by Gasteiger charge is 2.26. The molecule has 0 fully saturated rings. The summed E-state index contributed by atoms with van der Waals surface area (Å²) in [5.74, 6) is 9.64. The summed E-state index contributed by atoms with van der Waals surface area (Å²) in [4.78, 5) is 34.6. The maximum atomic E-state index is 12.3. The van der Waals surface area contributed by atoms with E-state index in [1.165, 1.54) is 0 Å². The molecular formula is C21H24O4. The number of carbonyl (C=O) groups is 3. The zero-order valence-electron chi connectivity index (χ0n) is 15.1. The van der Waals surface area contributed by atoms with Crippen LogP contribution in [-0.4, -0.2) is 22.6 Å². The van der Waals surface area contributed by atoms with Crippen LogP contribution in [0, 0.1) is 23.7 Å². The summed E-state index contributed by atoms with van der Waals surface area (Å²) in [6.45, 7) is 5.16. The van der Waals surface area contributed by atoms with Crippen LogP contribution < -0.4 is 0 Å². The molecule has 0 spiro atoms. The van der Waals surface area contributed by atoms with E-state index in [1.807, 2.05) is 0 Å². The molecule has 1 N–H and O–H groups in total. The molecule has 0 radical (unpaired) electrons. The SMILES string of the molecule is CC1=C(C)C(=O)C(CCCCC#CCCCC#CC(=O)O)=C(C)C1=O. The van der Waals surface area contributed by atoms with E-state index in [0.717, 1.165) is 25.7 Å². The van der Waals surface area contributed by atoms with Crippen molar-refractivity contribution in [3.63, 3.8) is 0 Å². The lowest BCUT2D eigenvalue weighted by atomic mass is 9.84. The minimum Gasteiger partial charge on any atom is -0.472 e. The Balaban J connectivity index is 2.30. The van der Waals surface area contributed by atoms with Crippen molar-refractivity contribution in [2.45, 2.75) is 65.7 Å². The third-order valence-corrected chi connectivity index (χ3v) is 4.21. The van der Waals surface area contributed by atoms with Gasteiger partial charge in [0.05, 0.1) is 0 Å². The van der Waals surface area contributed by atoms with Gasteiger partial charge in [-0.3, -0.25) is 9.59 Å². The molecule has 1 aliphatic carbocycles. The van der Waals surface area contributed by atoms with Crippen LogP contribution in [0.1, 0.15) is 65.7 Å². The Hall–Kier alpha value is -2.59. The second-order valence-electron chi connectivity index (χ2n) is 6.03. The minimum absolute atomic E-state index is 0.00292. The van der Waals surface area contributed by atoms with Crippen molar-refractivity contribution in [2.75, 3.05) is 0 Å². The van der Waals surface area contributed by atoms with E-state index in [-0.39, 0.29) is 11.6 Å². The monoisotopic (exact) mass is 340 g/mol. The van der Waals surface area contributed by atoms with E-state index >= 15 is 0 Å². The Morgan fingerprint density at radius 1 is 0.800 bits per heavy atom. The van der Waals surface area contributed by atoms with E-state index in [4.69, 9.17) is 5.11 Å².